The zero-order valence-corrected chi connectivity index (χ0v) is 22.9. The maximum absolute atomic E-state index is 13.5. The van der Waals surface area contributed by atoms with Gasteiger partial charge in [-0.2, -0.15) is 5.26 Å². The van der Waals surface area contributed by atoms with Gasteiger partial charge in [0.1, 0.15) is 10.5 Å². The molecular formula is C29H25N3O7S. The quantitative estimate of drug-likeness (QED) is 0.352. The molecule has 0 aliphatic carbocycles. The molecule has 2 N–H and O–H groups in total. The summed E-state index contributed by atoms with van der Waals surface area (Å²) in [6, 6.07) is 14.7. The molecule has 0 radical (unpaired) electrons. The van der Waals surface area contributed by atoms with Crippen LogP contribution in [0.3, 0.4) is 0 Å². The zero-order chi connectivity index (χ0) is 29.1. The van der Waals surface area contributed by atoms with E-state index in [-0.39, 0.29) is 31.7 Å². The van der Waals surface area contributed by atoms with Crippen LogP contribution < -0.4 is 20.5 Å². The zero-order valence-electron chi connectivity index (χ0n) is 22.1. The van der Waals surface area contributed by atoms with Crippen LogP contribution in [-0.2, 0) is 19.0 Å². The van der Waals surface area contributed by atoms with Crippen LogP contribution in [0, 0.1) is 11.3 Å². The van der Waals surface area contributed by atoms with Gasteiger partial charge in [0.2, 0.25) is 0 Å². The maximum atomic E-state index is 13.5. The van der Waals surface area contributed by atoms with Crippen LogP contribution in [0.15, 0.2) is 58.9 Å². The third-order valence-corrected chi connectivity index (χ3v) is 7.23. The molecular weight excluding hydrogens is 534 g/mol. The number of thiazole rings is 1. The molecule has 1 aromatic heterocycles. The molecule has 4 rings (SSSR count). The van der Waals surface area contributed by atoms with Crippen molar-refractivity contribution in [3.05, 3.63) is 95.9 Å². The molecule has 0 bridgehead atoms. The maximum Gasteiger partial charge on any atom is 0.338 e. The molecule has 0 amide bonds. The predicted octanol–water partition coefficient (Wildman–Crippen LogP) is 1.86. The Morgan fingerprint density at radius 3 is 2.02 bits per heavy atom. The van der Waals surface area contributed by atoms with E-state index in [4.69, 9.17) is 19.9 Å². The molecule has 1 atom stereocenters. The summed E-state index contributed by atoms with van der Waals surface area (Å²) in [5, 5.41) is 10.1. The van der Waals surface area contributed by atoms with Crippen molar-refractivity contribution in [1.82, 2.24) is 4.57 Å². The molecule has 11 heteroatoms. The Morgan fingerprint density at radius 1 is 0.975 bits per heavy atom. The number of esters is 3. The second kappa shape index (κ2) is 11.4. The van der Waals surface area contributed by atoms with Gasteiger partial charge >= 0.3 is 17.9 Å². The normalized spacial score (nSPS) is 14.9. The van der Waals surface area contributed by atoms with Gasteiger partial charge in [-0.05, 0) is 55.3 Å². The van der Waals surface area contributed by atoms with E-state index in [2.05, 4.69) is 6.07 Å². The Hall–Kier alpha value is -4.95. The Bertz CT molecular complexity index is 1760. The van der Waals surface area contributed by atoms with E-state index in [0.717, 1.165) is 15.9 Å². The Labute approximate surface area is 232 Å². The topological polar surface area (TPSA) is 151 Å². The van der Waals surface area contributed by atoms with Gasteiger partial charge in [-0.3, -0.25) is 9.36 Å². The van der Waals surface area contributed by atoms with Crippen molar-refractivity contribution >= 4 is 46.7 Å². The molecule has 10 nitrogen and oxygen atoms in total. The first-order valence-electron chi connectivity index (χ1n) is 12.1. The number of hydrogen-bond donors (Lipinski definition) is 1. The minimum absolute atomic E-state index is 0.0112. The number of nitrogens with zero attached hydrogens (tertiary/aromatic N) is 2. The van der Waals surface area contributed by atoms with E-state index in [9.17, 15) is 24.4 Å². The first kappa shape index (κ1) is 28.1. The fourth-order valence-corrected chi connectivity index (χ4v) is 5.44. The molecule has 2 aromatic carbocycles. The number of hydrogen-bond acceptors (Lipinski definition) is 10. The van der Waals surface area contributed by atoms with Crippen LogP contribution >= 0.6 is 11.3 Å². The number of ether oxygens (including phenoxy) is 3. The van der Waals surface area contributed by atoms with Crippen LogP contribution in [0.2, 0.25) is 0 Å². The van der Waals surface area contributed by atoms with E-state index in [1.54, 1.807) is 56.3 Å². The van der Waals surface area contributed by atoms with E-state index in [1.165, 1.54) is 26.4 Å². The van der Waals surface area contributed by atoms with E-state index >= 15 is 0 Å². The fraction of sp³-hybridized carbons (Fsp3) is 0.207. The fourth-order valence-electron chi connectivity index (χ4n) is 4.27. The monoisotopic (exact) mass is 559 g/mol. The van der Waals surface area contributed by atoms with Gasteiger partial charge in [0.05, 0.1) is 59.1 Å². The summed E-state index contributed by atoms with van der Waals surface area (Å²) >= 11 is 1.03. The molecule has 3 aromatic rings. The molecule has 0 saturated carbocycles. The number of fused-ring (bicyclic) bond motifs is 1. The third kappa shape index (κ3) is 5.17. The molecule has 1 aliphatic rings. The number of allylic oxidation sites excluding steroid dienone is 1. The average molecular weight is 560 g/mol. The third-order valence-electron chi connectivity index (χ3n) is 6.13. The molecule has 0 fully saturated rings. The van der Waals surface area contributed by atoms with E-state index in [0.29, 0.717) is 16.7 Å². The van der Waals surface area contributed by atoms with Crippen molar-refractivity contribution < 1.29 is 28.6 Å². The molecule has 40 heavy (non-hydrogen) atoms. The van der Waals surface area contributed by atoms with Crippen LogP contribution in [-0.4, -0.2) is 42.8 Å². The standard InChI is InChI=1S/C29H25N3O7S/c1-15(2)39-29(36)23-22(17-9-11-19(12-10-17)28(35)38-4)20(14-30)24(31)32-25(33)21(40-26(23)32)13-16-5-7-18(8-6-16)27(34)37-3/h5-13,15,22H,31H2,1-4H3/b21-13-. The number of nitriles is 1. The molecule has 0 spiro atoms. The van der Waals surface area contributed by atoms with E-state index in [1.807, 2.05) is 0 Å². The summed E-state index contributed by atoms with van der Waals surface area (Å²) in [4.78, 5) is 50.7. The highest BCUT2D eigenvalue weighted by Crippen LogP contribution is 2.37. The van der Waals surface area contributed by atoms with Gasteiger partial charge in [-0.15, -0.1) is 11.3 Å². The van der Waals surface area contributed by atoms with E-state index < -0.39 is 35.5 Å². The van der Waals surface area contributed by atoms with Crippen molar-refractivity contribution in [2.45, 2.75) is 25.9 Å². The van der Waals surface area contributed by atoms with Crippen molar-refractivity contribution in [3.8, 4) is 6.07 Å². The Balaban J connectivity index is 1.98. The second-order valence-corrected chi connectivity index (χ2v) is 10.0. The Morgan fingerprint density at radius 2 is 1.52 bits per heavy atom. The first-order chi connectivity index (χ1) is 19.1. The highest BCUT2D eigenvalue weighted by molar-refractivity contribution is 7.07. The average Bonchev–Trinajstić information content (AvgIpc) is 3.27. The Kier molecular flexibility index (Phi) is 8.02. The summed E-state index contributed by atoms with van der Waals surface area (Å²) in [6.07, 6.45) is 1.13. The van der Waals surface area contributed by atoms with Crippen LogP contribution in [0.4, 0.5) is 0 Å². The molecule has 1 unspecified atom stereocenters. The highest BCUT2D eigenvalue weighted by atomic mass is 32.1. The largest absolute Gasteiger partial charge is 0.465 e. The number of carbonyl (C=O) groups excluding carboxylic acids is 3. The number of benzene rings is 2. The lowest BCUT2D eigenvalue weighted by atomic mass is 9.83. The predicted molar refractivity (Wildman–Crippen MR) is 147 cm³/mol. The number of rotatable bonds is 6. The van der Waals surface area contributed by atoms with Gasteiger partial charge < -0.3 is 19.9 Å². The summed E-state index contributed by atoms with van der Waals surface area (Å²) in [5.74, 6) is -2.80. The lowest BCUT2D eigenvalue weighted by molar-refractivity contribution is -0.140. The lowest BCUT2D eigenvalue weighted by Gasteiger charge is -2.25. The molecule has 1 aliphatic heterocycles. The van der Waals surface area contributed by atoms with Gasteiger partial charge in [0.25, 0.3) is 5.56 Å². The number of aromatic nitrogens is 1. The molecule has 0 saturated heterocycles. The van der Waals surface area contributed by atoms with Crippen LogP contribution in [0.1, 0.15) is 51.6 Å². The summed E-state index contributed by atoms with van der Waals surface area (Å²) in [6.45, 7) is 3.38. The summed E-state index contributed by atoms with van der Waals surface area (Å²) in [5.41, 5.74) is 7.69. The van der Waals surface area contributed by atoms with Crippen LogP contribution in [0.25, 0.3) is 17.5 Å². The minimum Gasteiger partial charge on any atom is -0.465 e. The smallest absolute Gasteiger partial charge is 0.338 e. The highest BCUT2D eigenvalue weighted by Gasteiger charge is 2.36. The first-order valence-corrected chi connectivity index (χ1v) is 12.9. The molecule has 2 heterocycles. The van der Waals surface area contributed by atoms with Gasteiger partial charge in [-0.25, -0.2) is 14.4 Å². The lowest BCUT2D eigenvalue weighted by Crippen LogP contribution is -2.40. The van der Waals surface area contributed by atoms with Gasteiger partial charge in [0, 0.05) is 0 Å². The van der Waals surface area contributed by atoms with Crippen molar-refractivity contribution in [3.63, 3.8) is 0 Å². The SMILES string of the molecule is COC(=O)c1ccc(/C=c2\sc3n(c2=O)C(N)=C(C#N)C(c2ccc(C(=O)OC)cc2)C=3C(=O)OC(C)C)cc1. The van der Waals surface area contributed by atoms with Crippen molar-refractivity contribution in [2.75, 3.05) is 14.2 Å². The van der Waals surface area contributed by atoms with Crippen LogP contribution in [0.5, 0.6) is 0 Å². The molecule has 204 valence electrons. The second-order valence-electron chi connectivity index (χ2n) is 9.00. The number of carbonyl (C=O) groups is 3. The van der Waals surface area contributed by atoms with Crippen molar-refractivity contribution in [2.24, 2.45) is 5.73 Å². The summed E-state index contributed by atoms with van der Waals surface area (Å²) in [7, 11) is 2.55. The van der Waals surface area contributed by atoms with Gasteiger partial charge in [0.15, 0.2) is 0 Å². The minimum atomic E-state index is -0.951. The number of nitrogens with two attached hydrogens (primary N) is 1. The van der Waals surface area contributed by atoms with Gasteiger partial charge in [-0.1, -0.05) is 24.3 Å². The summed E-state index contributed by atoms with van der Waals surface area (Å²) < 4.78 is 16.6. The van der Waals surface area contributed by atoms with Crippen molar-refractivity contribution in [1.29, 1.82) is 5.26 Å². The number of methoxy groups -OCH3 is 2.